The third kappa shape index (κ3) is 3.78. The topological polar surface area (TPSA) is 86.5 Å². The highest BCUT2D eigenvalue weighted by molar-refractivity contribution is 6.30. The number of aromatic nitrogens is 2. The Kier molecular flexibility index (Phi) is 5.38. The molecule has 0 saturated carbocycles. The fourth-order valence-corrected chi connectivity index (χ4v) is 2.58. The monoisotopic (exact) mass is 373 g/mol. The molecule has 1 aromatic heterocycles. The molecule has 0 aliphatic rings. The Morgan fingerprint density at radius 1 is 1.19 bits per heavy atom. The first-order chi connectivity index (χ1) is 12.6. The number of carbonyl (C=O) groups is 1. The highest BCUT2D eigenvalue weighted by Crippen LogP contribution is 2.30. The Bertz CT molecular complexity index is 926. The van der Waals surface area contributed by atoms with Crippen LogP contribution < -0.4 is 14.8 Å². The van der Waals surface area contributed by atoms with Crippen LogP contribution in [0.2, 0.25) is 5.02 Å². The number of ether oxygens (including phenoxy) is 2. The maximum absolute atomic E-state index is 12.4. The van der Waals surface area contributed by atoms with Gasteiger partial charge in [-0.15, -0.1) is 0 Å². The van der Waals surface area contributed by atoms with E-state index in [2.05, 4.69) is 15.5 Å². The number of halogens is 1. The van der Waals surface area contributed by atoms with Gasteiger partial charge in [0.15, 0.2) is 11.5 Å². The lowest BCUT2D eigenvalue weighted by atomic mass is 10.1. The molecule has 0 atom stereocenters. The van der Waals surface area contributed by atoms with Gasteiger partial charge in [-0.25, -0.2) is 0 Å². The summed E-state index contributed by atoms with van der Waals surface area (Å²) in [5.41, 5.74) is 1.08. The van der Waals surface area contributed by atoms with E-state index in [1.165, 1.54) is 14.2 Å². The third-order valence-electron chi connectivity index (χ3n) is 3.60. The van der Waals surface area contributed by atoms with E-state index < -0.39 is 0 Å². The Labute approximate surface area is 154 Å². The SMILES string of the molecule is COc1cccc(C(=O)NCc2nc(-c3cccc(Cl)c3)no2)c1OC. The summed E-state index contributed by atoms with van der Waals surface area (Å²) in [6.07, 6.45) is 0. The number of rotatable bonds is 6. The highest BCUT2D eigenvalue weighted by Gasteiger charge is 2.17. The molecule has 1 N–H and O–H groups in total. The summed E-state index contributed by atoms with van der Waals surface area (Å²) < 4.78 is 15.6. The molecular weight excluding hydrogens is 358 g/mol. The van der Waals surface area contributed by atoms with E-state index in [0.717, 1.165) is 5.56 Å². The van der Waals surface area contributed by atoms with E-state index >= 15 is 0 Å². The number of carbonyl (C=O) groups excluding carboxylic acids is 1. The predicted octanol–water partition coefficient (Wildman–Crippen LogP) is 3.34. The summed E-state index contributed by atoms with van der Waals surface area (Å²) >= 11 is 5.96. The maximum Gasteiger partial charge on any atom is 0.255 e. The standard InChI is InChI=1S/C18H16ClN3O4/c1-24-14-8-4-7-13(16(14)25-2)18(23)20-10-15-21-17(22-26-15)11-5-3-6-12(19)9-11/h3-9H,10H2,1-2H3,(H,20,23). The molecule has 1 heterocycles. The van der Waals surface area contributed by atoms with Gasteiger partial charge < -0.3 is 19.3 Å². The lowest BCUT2D eigenvalue weighted by Gasteiger charge is -2.11. The molecule has 0 fully saturated rings. The molecule has 26 heavy (non-hydrogen) atoms. The quantitative estimate of drug-likeness (QED) is 0.713. The fraction of sp³-hybridized carbons (Fsp3) is 0.167. The maximum atomic E-state index is 12.4. The smallest absolute Gasteiger partial charge is 0.255 e. The van der Waals surface area contributed by atoms with Crippen LogP contribution in [0.25, 0.3) is 11.4 Å². The molecule has 7 nitrogen and oxygen atoms in total. The van der Waals surface area contributed by atoms with Crippen molar-refractivity contribution in [1.29, 1.82) is 0 Å². The highest BCUT2D eigenvalue weighted by atomic mass is 35.5. The Hall–Kier alpha value is -3.06. The van der Waals surface area contributed by atoms with Gasteiger partial charge in [0.1, 0.15) is 0 Å². The third-order valence-corrected chi connectivity index (χ3v) is 3.83. The van der Waals surface area contributed by atoms with Crippen LogP contribution in [0.3, 0.4) is 0 Å². The molecule has 0 aliphatic carbocycles. The van der Waals surface area contributed by atoms with Gasteiger partial charge in [0.05, 0.1) is 26.3 Å². The van der Waals surface area contributed by atoms with Crippen LogP contribution in [0.15, 0.2) is 47.0 Å². The minimum atomic E-state index is -0.344. The van der Waals surface area contributed by atoms with Crippen molar-refractivity contribution in [2.24, 2.45) is 0 Å². The van der Waals surface area contributed by atoms with Crippen molar-refractivity contribution in [3.8, 4) is 22.9 Å². The number of benzene rings is 2. The largest absolute Gasteiger partial charge is 0.493 e. The van der Waals surface area contributed by atoms with Gasteiger partial charge in [-0.2, -0.15) is 4.98 Å². The van der Waals surface area contributed by atoms with Crippen molar-refractivity contribution >= 4 is 17.5 Å². The van der Waals surface area contributed by atoms with Crippen LogP contribution in [-0.4, -0.2) is 30.3 Å². The molecule has 0 aliphatic heterocycles. The second kappa shape index (κ2) is 7.88. The lowest BCUT2D eigenvalue weighted by Crippen LogP contribution is -2.23. The fourth-order valence-electron chi connectivity index (χ4n) is 2.39. The number of hydrogen-bond acceptors (Lipinski definition) is 6. The van der Waals surface area contributed by atoms with Gasteiger partial charge in [0.25, 0.3) is 5.91 Å². The molecule has 0 unspecified atom stereocenters. The molecular formula is C18H16ClN3O4. The average molecular weight is 374 g/mol. The van der Waals surface area contributed by atoms with Crippen molar-refractivity contribution in [2.75, 3.05) is 14.2 Å². The lowest BCUT2D eigenvalue weighted by molar-refractivity contribution is 0.0942. The second-order valence-corrected chi connectivity index (χ2v) is 5.68. The van der Waals surface area contributed by atoms with Crippen molar-refractivity contribution in [3.05, 3.63) is 58.9 Å². The molecule has 3 aromatic rings. The minimum Gasteiger partial charge on any atom is -0.493 e. The number of nitrogens with zero attached hydrogens (tertiary/aromatic N) is 2. The normalized spacial score (nSPS) is 10.4. The van der Waals surface area contributed by atoms with Crippen molar-refractivity contribution in [2.45, 2.75) is 6.54 Å². The molecule has 2 aromatic carbocycles. The molecule has 1 amide bonds. The molecule has 3 rings (SSSR count). The Balaban J connectivity index is 1.71. The average Bonchev–Trinajstić information content (AvgIpc) is 3.14. The van der Waals surface area contributed by atoms with Crippen LogP contribution >= 0.6 is 11.6 Å². The zero-order valence-electron chi connectivity index (χ0n) is 14.2. The first kappa shape index (κ1) is 17.8. The summed E-state index contributed by atoms with van der Waals surface area (Å²) in [6, 6.07) is 12.2. The number of hydrogen-bond donors (Lipinski definition) is 1. The minimum absolute atomic E-state index is 0.0762. The first-order valence-corrected chi connectivity index (χ1v) is 8.08. The van der Waals surface area contributed by atoms with Crippen LogP contribution in [-0.2, 0) is 6.54 Å². The van der Waals surface area contributed by atoms with Gasteiger partial charge in [-0.3, -0.25) is 4.79 Å². The number of nitrogens with one attached hydrogen (secondary N) is 1. The number of methoxy groups -OCH3 is 2. The summed E-state index contributed by atoms with van der Waals surface area (Å²) in [6.45, 7) is 0.0762. The molecule has 0 saturated heterocycles. The second-order valence-electron chi connectivity index (χ2n) is 5.25. The number of amides is 1. The molecule has 134 valence electrons. The van der Waals surface area contributed by atoms with E-state index in [0.29, 0.717) is 27.9 Å². The van der Waals surface area contributed by atoms with E-state index in [1.807, 2.05) is 6.07 Å². The van der Waals surface area contributed by atoms with E-state index in [9.17, 15) is 4.79 Å². The van der Waals surface area contributed by atoms with Gasteiger partial charge in [-0.05, 0) is 24.3 Å². The van der Waals surface area contributed by atoms with E-state index in [-0.39, 0.29) is 18.3 Å². The molecule has 0 bridgehead atoms. The number of para-hydroxylation sites is 1. The zero-order chi connectivity index (χ0) is 18.5. The first-order valence-electron chi connectivity index (χ1n) is 7.70. The van der Waals surface area contributed by atoms with Gasteiger partial charge in [-0.1, -0.05) is 35.0 Å². The van der Waals surface area contributed by atoms with Crippen molar-refractivity contribution in [1.82, 2.24) is 15.5 Å². The van der Waals surface area contributed by atoms with Gasteiger partial charge in [0.2, 0.25) is 11.7 Å². The van der Waals surface area contributed by atoms with Crippen LogP contribution in [0, 0.1) is 0 Å². The summed E-state index contributed by atoms with van der Waals surface area (Å²) in [7, 11) is 2.99. The van der Waals surface area contributed by atoms with Gasteiger partial charge in [0, 0.05) is 10.6 Å². The molecule has 0 spiro atoms. The Morgan fingerprint density at radius 2 is 2.00 bits per heavy atom. The molecule has 0 radical (unpaired) electrons. The summed E-state index contributed by atoms with van der Waals surface area (Å²) in [4.78, 5) is 16.7. The van der Waals surface area contributed by atoms with Crippen LogP contribution in [0.1, 0.15) is 16.2 Å². The zero-order valence-corrected chi connectivity index (χ0v) is 14.9. The van der Waals surface area contributed by atoms with Crippen molar-refractivity contribution in [3.63, 3.8) is 0 Å². The summed E-state index contributed by atoms with van der Waals surface area (Å²) in [5, 5.41) is 7.20. The van der Waals surface area contributed by atoms with E-state index in [4.69, 9.17) is 25.6 Å². The Morgan fingerprint density at radius 3 is 2.73 bits per heavy atom. The molecule has 8 heteroatoms. The van der Waals surface area contributed by atoms with Crippen molar-refractivity contribution < 1.29 is 18.8 Å². The van der Waals surface area contributed by atoms with E-state index in [1.54, 1.807) is 36.4 Å². The van der Waals surface area contributed by atoms with Crippen LogP contribution in [0.4, 0.5) is 0 Å². The van der Waals surface area contributed by atoms with Crippen LogP contribution in [0.5, 0.6) is 11.5 Å². The van der Waals surface area contributed by atoms with Gasteiger partial charge >= 0.3 is 0 Å². The predicted molar refractivity (Wildman–Crippen MR) is 95.5 cm³/mol. The summed E-state index contributed by atoms with van der Waals surface area (Å²) in [5.74, 6) is 1.16.